The SMILES string of the molecule is COc1ccc(C2CC2c2nc(C#N)c(N3CCCCC3)o2)cc1. The predicted octanol–water partition coefficient (Wildman–Crippen LogP) is 3.82. The second-order valence-electron chi connectivity index (χ2n) is 6.59. The Morgan fingerprint density at radius 2 is 1.92 bits per heavy atom. The zero-order chi connectivity index (χ0) is 16.5. The van der Waals surface area contributed by atoms with Crippen molar-refractivity contribution in [3.63, 3.8) is 0 Å². The van der Waals surface area contributed by atoms with Gasteiger partial charge in [-0.1, -0.05) is 12.1 Å². The van der Waals surface area contributed by atoms with Gasteiger partial charge >= 0.3 is 0 Å². The summed E-state index contributed by atoms with van der Waals surface area (Å²) in [6, 6.07) is 10.4. The van der Waals surface area contributed by atoms with Gasteiger partial charge < -0.3 is 14.1 Å². The highest BCUT2D eigenvalue weighted by atomic mass is 16.5. The molecule has 124 valence electrons. The lowest BCUT2D eigenvalue weighted by molar-refractivity contribution is 0.414. The van der Waals surface area contributed by atoms with E-state index >= 15 is 0 Å². The molecule has 2 aliphatic rings. The average Bonchev–Trinajstić information content (AvgIpc) is 3.33. The molecule has 1 aliphatic heterocycles. The largest absolute Gasteiger partial charge is 0.497 e. The summed E-state index contributed by atoms with van der Waals surface area (Å²) in [7, 11) is 1.67. The number of hydrogen-bond acceptors (Lipinski definition) is 5. The van der Waals surface area contributed by atoms with Crippen molar-refractivity contribution in [1.82, 2.24) is 4.98 Å². The van der Waals surface area contributed by atoms with Crippen LogP contribution < -0.4 is 9.64 Å². The van der Waals surface area contributed by atoms with E-state index in [0.717, 1.165) is 38.1 Å². The van der Waals surface area contributed by atoms with Gasteiger partial charge in [0.15, 0.2) is 0 Å². The number of rotatable bonds is 4. The van der Waals surface area contributed by atoms with Crippen molar-refractivity contribution in [1.29, 1.82) is 5.26 Å². The lowest BCUT2D eigenvalue weighted by Crippen LogP contribution is -2.29. The van der Waals surface area contributed by atoms with Crippen molar-refractivity contribution in [3.05, 3.63) is 41.4 Å². The Kier molecular flexibility index (Phi) is 3.89. The highest BCUT2D eigenvalue weighted by molar-refractivity contribution is 5.49. The minimum Gasteiger partial charge on any atom is -0.497 e. The van der Waals surface area contributed by atoms with Gasteiger partial charge in [-0.3, -0.25) is 0 Å². The molecule has 5 heteroatoms. The molecule has 0 N–H and O–H groups in total. The number of methoxy groups -OCH3 is 1. The van der Waals surface area contributed by atoms with Crippen LogP contribution in [-0.2, 0) is 0 Å². The third-order valence-corrected chi connectivity index (χ3v) is 5.03. The molecule has 0 bridgehead atoms. The molecule has 1 saturated carbocycles. The fraction of sp³-hybridized carbons (Fsp3) is 0.474. The van der Waals surface area contributed by atoms with E-state index in [-0.39, 0.29) is 5.92 Å². The van der Waals surface area contributed by atoms with Crippen molar-refractivity contribution in [3.8, 4) is 11.8 Å². The summed E-state index contributed by atoms with van der Waals surface area (Å²) in [6.07, 6.45) is 4.58. The van der Waals surface area contributed by atoms with E-state index in [1.807, 2.05) is 12.1 Å². The minimum absolute atomic E-state index is 0.282. The molecule has 4 rings (SSSR count). The molecular weight excluding hydrogens is 302 g/mol. The molecule has 2 unspecified atom stereocenters. The molecule has 1 aliphatic carbocycles. The lowest BCUT2D eigenvalue weighted by Gasteiger charge is -2.25. The van der Waals surface area contributed by atoms with Crippen LogP contribution in [0.5, 0.6) is 5.75 Å². The van der Waals surface area contributed by atoms with E-state index in [1.54, 1.807) is 7.11 Å². The second-order valence-corrected chi connectivity index (χ2v) is 6.59. The summed E-state index contributed by atoms with van der Waals surface area (Å²) in [5, 5.41) is 9.39. The number of hydrogen-bond donors (Lipinski definition) is 0. The number of piperidine rings is 1. The zero-order valence-corrected chi connectivity index (χ0v) is 13.9. The number of nitrogens with zero attached hydrogens (tertiary/aromatic N) is 3. The van der Waals surface area contributed by atoms with Crippen molar-refractivity contribution in [2.24, 2.45) is 0 Å². The summed E-state index contributed by atoms with van der Waals surface area (Å²) in [5.41, 5.74) is 1.71. The Hall–Kier alpha value is -2.48. The first-order valence-corrected chi connectivity index (χ1v) is 8.60. The molecule has 1 saturated heterocycles. The van der Waals surface area contributed by atoms with Gasteiger partial charge in [0.2, 0.25) is 17.5 Å². The molecule has 2 aromatic rings. The number of aromatic nitrogens is 1. The van der Waals surface area contributed by atoms with E-state index in [4.69, 9.17) is 9.15 Å². The van der Waals surface area contributed by atoms with Crippen LogP contribution in [0.3, 0.4) is 0 Å². The molecule has 24 heavy (non-hydrogen) atoms. The van der Waals surface area contributed by atoms with Crippen LogP contribution in [0, 0.1) is 11.3 Å². The van der Waals surface area contributed by atoms with Crippen molar-refractivity contribution < 1.29 is 9.15 Å². The first-order chi connectivity index (χ1) is 11.8. The Labute approximate surface area is 141 Å². The molecule has 2 atom stereocenters. The first kappa shape index (κ1) is 15.1. The van der Waals surface area contributed by atoms with Gasteiger partial charge in [0.05, 0.1) is 7.11 Å². The van der Waals surface area contributed by atoms with Gasteiger partial charge in [-0.05, 0) is 49.3 Å². The number of oxazole rings is 1. The topological polar surface area (TPSA) is 62.3 Å². The quantitative estimate of drug-likeness (QED) is 0.856. The van der Waals surface area contributed by atoms with Gasteiger partial charge in [-0.2, -0.15) is 5.26 Å². The Morgan fingerprint density at radius 1 is 1.17 bits per heavy atom. The van der Waals surface area contributed by atoms with Crippen molar-refractivity contribution in [2.45, 2.75) is 37.5 Å². The van der Waals surface area contributed by atoms with E-state index in [0.29, 0.717) is 23.4 Å². The Morgan fingerprint density at radius 3 is 2.58 bits per heavy atom. The van der Waals surface area contributed by atoms with E-state index in [1.165, 1.54) is 12.0 Å². The van der Waals surface area contributed by atoms with Gasteiger partial charge in [0.1, 0.15) is 11.8 Å². The third kappa shape index (κ3) is 2.73. The van der Waals surface area contributed by atoms with Crippen LogP contribution in [-0.4, -0.2) is 25.2 Å². The van der Waals surface area contributed by atoms with Crippen LogP contribution in [0.2, 0.25) is 0 Å². The molecule has 2 fully saturated rings. The molecule has 1 aromatic carbocycles. The lowest BCUT2D eigenvalue weighted by atomic mass is 10.1. The third-order valence-electron chi connectivity index (χ3n) is 5.03. The number of ether oxygens (including phenoxy) is 1. The molecule has 5 nitrogen and oxygen atoms in total. The van der Waals surface area contributed by atoms with Gasteiger partial charge in [-0.25, -0.2) is 4.98 Å². The van der Waals surface area contributed by atoms with Crippen LogP contribution in [0.4, 0.5) is 5.88 Å². The highest BCUT2D eigenvalue weighted by Crippen LogP contribution is 2.55. The maximum absolute atomic E-state index is 9.39. The monoisotopic (exact) mass is 323 g/mol. The van der Waals surface area contributed by atoms with Crippen LogP contribution in [0.1, 0.15) is 54.7 Å². The van der Waals surface area contributed by atoms with Gasteiger partial charge in [0.25, 0.3) is 0 Å². The standard InChI is InChI=1S/C19H21N3O2/c1-23-14-7-5-13(6-8-14)15-11-16(15)18-21-17(12-20)19(24-18)22-9-3-2-4-10-22/h5-8,15-16H,2-4,9-11H2,1H3. The zero-order valence-electron chi connectivity index (χ0n) is 13.9. The van der Waals surface area contributed by atoms with E-state index in [9.17, 15) is 5.26 Å². The number of nitriles is 1. The van der Waals surface area contributed by atoms with Crippen molar-refractivity contribution in [2.75, 3.05) is 25.1 Å². The molecule has 0 amide bonds. The van der Waals surface area contributed by atoms with Crippen LogP contribution >= 0.6 is 0 Å². The fourth-order valence-electron chi connectivity index (χ4n) is 3.56. The van der Waals surface area contributed by atoms with Crippen molar-refractivity contribution >= 4 is 5.88 Å². The van der Waals surface area contributed by atoms with Gasteiger partial charge in [0, 0.05) is 19.0 Å². The summed E-state index contributed by atoms with van der Waals surface area (Å²) in [5.74, 6) is 2.96. The Balaban J connectivity index is 1.53. The summed E-state index contributed by atoms with van der Waals surface area (Å²) < 4.78 is 11.2. The number of anilines is 1. The average molecular weight is 323 g/mol. The molecule has 1 aromatic heterocycles. The summed E-state index contributed by atoms with van der Waals surface area (Å²) >= 11 is 0. The minimum atomic E-state index is 0.282. The van der Waals surface area contributed by atoms with Crippen LogP contribution in [0.25, 0.3) is 0 Å². The van der Waals surface area contributed by atoms with E-state index in [2.05, 4.69) is 28.1 Å². The molecular formula is C19H21N3O2. The fourth-order valence-corrected chi connectivity index (χ4v) is 3.56. The molecule has 2 heterocycles. The maximum atomic E-state index is 9.39. The smallest absolute Gasteiger partial charge is 0.234 e. The number of benzene rings is 1. The normalized spacial score (nSPS) is 22.9. The van der Waals surface area contributed by atoms with Crippen LogP contribution in [0.15, 0.2) is 28.7 Å². The molecule has 0 spiro atoms. The van der Waals surface area contributed by atoms with E-state index < -0.39 is 0 Å². The predicted molar refractivity (Wildman–Crippen MR) is 90.4 cm³/mol. The molecule has 0 radical (unpaired) electrons. The summed E-state index contributed by atoms with van der Waals surface area (Å²) in [4.78, 5) is 6.65. The maximum Gasteiger partial charge on any atom is 0.234 e. The van der Waals surface area contributed by atoms with Gasteiger partial charge in [-0.15, -0.1) is 0 Å². The Bertz CT molecular complexity index is 754. The first-order valence-electron chi connectivity index (χ1n) is 8.60. The highest BCUT2D eigenvalue weighted by Gasteiger charge is 2.44. The summed E-state index contributed by atoms with van der Waals surface area (Å²) in [6.45, 7) is 1.91. The second kappa shape index (κ2) is 6.20.